The van der Waals surface area contributed by atoms with Gasteiger partial charge in [-0.25, -0.2) is 0 Å². The maximum Gasteiger partial charge on any atom is 0.0726 e. The van der Waals surface area contributed by atoms with Gasteiger partial charge in [0, 0.05) is 35.9 Å². The molecule has 0 amide bonds. The number of anilines is 1. The van der Waals surface area contributed by atoms with Gasteiger partial charge in [0.05, 0.1) is 12.2 Å². The fourth-order valence-corrected chi connectivity index (χ4v) is 2.88. The van der Waals surface area contributed by atoms with E-state index in [0.717, 1.165) is 24.7 Å². The number of rotatable bonds is 3. The van der Waals surface area contributed by atoms with Gasteiger partial charge in [0.25, 0.3) is 0 Å². The highest BCUT2D eigenvalue weighted by Crippen LogP contribution is 2.28. The first-order valence-corrected chi connectivity index (χ1v) is 8.06. The van der Waals surface area contributed by atoms with Gasteiger partial charge in [-0.2, -0.15) is 0 Å². The van der Waals surface area contributed by atoms with Gasteiger partial charge in [-0.1, -0.05) is 17.7 Å². The van der Waals surface area contributed by atoms with E-state index in [2.05, 4.69) is 57.0 Å². The van der Waals surface area contributed by atoms with E-state index in [9.17, 15) is 0 Å². The first-order valence-electron chi connectivity index (χ1n) is 7.68. The average molecular weight is 311 g/mol. The Bertz CT molecular complexity index is 474. The zero-order chi connectivity index (χ0) is 15.6. The van der Waals surface area contributed by atoms with Crippen LogP contribution in [0.15, 0.2) is 18.2 Å². The minimum Gasteiger partial charge on any atom is -0.372 e. The van der Waals surface area contributed by atoms with E-state index in [0.29, 0.717) is 0 Å². The van der Waals surface area contributed by atoms with E-state index in [1.165, 1.54) is 11.3 Å². The fourth-order valence-electron chi connectivity index (χ4n) is 2.72. The van der Waals surface area contributed by atoms with Crippen molar-refractivity contribution in [3.63, 3.8) is 0 Å². The molecule has 2 unspecified atom stereocenters. The molecule has 1 fully saturated rings. The molecule has 0 aliphatic carbocycles. The Labute approximate surface area is 133 Å². The highest BCUT2D eigenvalue weighted by Gasteiger charge is 2.24. The quantitative estimate of drug-likeness (QED) is 0.918. The van der Waals surface area contributed by atoms with Crippen LogP contribution in [0.2, 0.25) is 5.02 Å². The molecular weight excluding hydrogens is 284 g/mol. The topological polar surface area (TPSA) is 24.5 Å². The lowest BCUT2D eigenvalue weighted by atomic mass is 10.1. The molecule has 0 bridgehead atoms. The lowest BCUT2D eigenvalue weighted by Crippen LogP contribution is -2.46. The van der Waals surface area contributed by atoms with E-state index in [4.69, 9.17) is 16.3 Å². The summed E-state index contributed by atoms with van der Waals surface area (Å²) in [4.78, 5) is 2.39. The van der Waals surface area contributed by atoms with E-state index in [1.807, 2.05) is 6.07 Å². The van der Waals surface area contributed by atoms with Crippen LogP contribution in [0.3, 0.4) is 0 Å². The highest BCUT2D eigenvalue weighted by molar-refractivity contribution is 6.30. The minimum atomic E-state index is 0.0997. The molecule has 4 heteroatoms. The summed E-state index contributed by atoms with van der Waals surface area (Å²) in [5.74, 6) is 0. The van der Waals surface area contributed by atoms with Crippen LogP contribution in [0.4, 0.5) is 5.69 Å². The van der Waals surface area contributed by atoms with Gasteiger partial charge in [0.15, 0.2) is 0 Å². The summed E-state index contributed by atoms with van der Waals surface area (Å²) in [6.07, 6.45) is 0.493. The van der Waals surface area contributed by atoms with E-state index < -0.39 is 0 Å². The summed E-state index contributed by atoms with van der Waals surface area (Å²) < 4.78 is 5.83. The molecule has 1 aliphatic rings. The molecule has 0 spiro atoms. The second-order valence-electron chi connectivity index (χ2n) is 7.04. The zero-order valence-corrected chi connectivity index (χ0v) is 14.5. The number of nitrogens with zero attached hydrogens (tertiary/aromatic N) is 1. The van der Waals surface area contributed by atoms with Gasteiger partial charge in [-0.3, -0.25) is 0 Å². The Morgan fingerprint density at radius 3 is 2.43 bits per heavy atom. The Balaban J connectivity index is 2.22. The summed E-state index contributed by atoms with van der Waals surface area (Å²) >= 11 is 6.22. The van der Waals surface area contributed by atoms with Crippen molar-refractivity contribution >= 4 is 17.3 Å². The number of ether oxygens (including phenoxy) is 1. The van der Waals surface area contributed by atoms with Crippen LogP contribution in [0, 0.1) is 0 Å². The summed E-state index contributed by atoms with van der Waals surface area (Å²) in [6, 6.07) is 6.17. The first kappa shape index (κ1) is 16.6. The lowest BCUT2D eigenvalue weighted by Gasteiger charge is -2.38. The van der Waals surface area contributed by atoms with Crippen LogP contribution in [-0.4, -0.2) is 30.8 Å². The number of hydrogen-bond donors (Lipinski definition) is 1. The molecule has 118 valence electrons. The molecule has 1 saturated heterocycles. The van der Waals surface area contributed by atoms with E-state index in [-0.39, 0.29) is 17.7 Å². The van der Waals surface area contributed by atoms with Crippen LogP contribution >= 0.6 is 11.6 Å². The molecule has 1 heterocycles. The van der Waals surface area contributed by atoms with Crippen molar-refractivity contribution in [2.75, 3.05) is 18.0 Å². The van der Waals surface area contributed by atoms with Gasteiger partial charge >= 0.3 is 0 Å². The molecule has 3 nitrogen and oxygen atoms in total. The molecule has 2 atom stereocenters. The number of morpholine rings is 1. The van der Waals surface area contributed by atoms with Crippen LogP contribution in [0.25, 0.3) is 0 Å². The largest absolute Gasteiger partial charge is 0.372 e. The van der Waals surface area contributed by atoms with Crippen molar-refractivity contribution in [3.05, 3.63) is 28.8 Å². The Morgan fingerprint density at radius 2 is 1.86 bits per heavy atom. The van der Waals surface area contributed by atoms with Gasteiger partial charge in [0.1, 0.15) is 0 Å². The molecule has 1 N–H and O–H groups in total. The Hall–Kier alpha value is -0.770. The molecule has 1 aliphatic heterocycles. The van der Waals surface area contributed by atoms with Crippen molar-refractivity contribution in [1.29, 1.82) is 0 Å². The summed E-state index contributed by atoms with van der Waals surface area (Å²) in [5, 5.41) is 4.35. The monoisotopic (exact) mass is 310 g/mol. The van der Waals surface area contributed by atoms with Gasteiger partial charge in [-0.05, 0) is 52.3 Å². The third-order valence-corrected chi connectivity index (χ3v) is 3.85. The minimum absolute atomic E-state index is 0.0997. The van der Waals surface area contributed by atoms with Crippen molar-refractivity contribution < 1.29 is 4.74 Å². The molecule has 0 radical (unpaired) electrons. The Morgan fingerprint density at radius 1 is 1.24 bits per heavy atom. The van der Waals surface area contributed by atoms with Gasteiger partial charge in [0.2, 0.25) is 0 Å². The highest BCUT2D eigenvalue weighted by atomic mass is 35.5. The van der Waals surface area contributed by atoms with Gasteiger partial charge < -0.3 is 15.0 Å². The molecule has 1 aromatic carbocycles. The standard InChI is InChI=1S/C17H27ClN2O/c1-12-10-20(11-13(2)21-12)16-8-15(18)7-6-14(16)9-19-17(3,4)5/h6-8,12-13,19H,9-11H2,1-5H3. The van der Waals surface area contributed by atoms with Gasteiger partial charge in [-0.15, -0.1) is 0 Å². The molecule has 21 heavy (non-hydrogen) atoms. The van der Waals surface area contributed by atoms with E-state index in [1.54, 1.807) is 0 Å². The Kier molecular flexibility index (Phi) is 5.18. The molecule has 0 aromatic heterocycles. The first-order chi connectivity index (χ1) is 9.74. The van der Waals surface area contributed by atoms with Crippen LogP contribution in [0.5, 0.6) is 0 Å². The zero-order valence-electron chi connectivity index (χ0n) is 13.7. The summed E-state index contributed by atoms with van der Waals surface area (Å²) in [6.45, 7) is 13.5. The fraction of sp³-hybridized carbons (Fsp3) is 0.647. The summed E-state index contributed by atoms with van der Waals surface area (Å²) in [7, 11) is 0. The van der Waals surface area contributed by atoms with Crippen molar-refractivity contribution in [3.8, 4) is 0 Å². The van der Waals surface area contributed by atoms with Crippen molar-refractivity contribution in [2.24, 2.45) is 0 Å². The number of hydrogen-bond acceptors (Lipinski definition) is 3. The molecule has 2 rings (SSSR count). The van der Waals surface area contributed by atoms with Crippen molar-refractivity contribution in [2.45, 2.75) is 58.9 Å². The second-order valence-corrected chi connectivity index (χ2v) is 7.48. The predicted molar refractivity (Wildman–Crippen MR) is 90.3 cm³/mol. The number of halogens is 1. The second kappa shape index (κ2) is 6.55. The molecule has 0 saturated carbocycles. The number of benzene rings is 1. The smallest absolute Gasteiger partial charge is 0.0726 e. The lowest BCUT2D eigenvalue weighted by molar-refractivity contribution is -0.00527. The third kappa shape index (κ3) is 4.87. The summed E-state index contributed by atoms with van der Waals surface area (Å²) in [5.41, 5.74) is 2.61. The normalized spacial score (nSPS) is 23.4. The predicted octanol–water partition coefficient (Wildman–Crippen LogP) is 3.84. The molecular formula is C17H27ClN2O. The maximum atomic E-state index is 6.22. The van der Waals surface area contributed by atoms with Crippen LogP contribution < -0.4 is 10.2 Å². The number of nitrogens with one attached hydrogen (secondary N) is 1. The SMILES string of the molecule is CC1CN(c2cc(Cl)ccc2CNC(C)(C)C)CC(C)O1. The van der Waals surface area contributed by atoms with Crippen LogP contribution in [-0.2, 0) is 11.3 Å². The molecule has 1 aromatic rings. The van der Waals surface area contributed by atoms with Crippen molar-refractivity contribution in [1.82, 2.24) is 5.32 Å². The van der Waals surface area contributed by atoms with Crippen LogP contribution in [0.1, 0.15) is 40.2 Å². The average Bonchev–Trinajstić information content (AvgIpc) is 2.35. The third-order valence-electron chi connectivity index (χ3n) is 3.62. The van der Waals surface area contributed by atoms with E-state index >= 15 is 0 Å². The maximum absolute atomic E-state index is 6.22.